The van der Waals surface area contributed by atoms with Gasteiger partial charge in [0.1, 0.15) is 28.7 Å². The van der Waals surface area contributed by atoms with E-state index in [9.17, 15) is 4.79 Å². The number of morpholine rings is 1. The van der Waals surface area contributed by atoms with Crippen molar-refractivity contribution in [1.82, 2.24) is 14.9 Å². The molecule has 9 nitrogen and oxygen atoms in total. The average Bonchev–Trinajstić information content (AvgIpc) is 2.88. The molecule has 0 radical (unpaired) electrons. The number of para-hydroxylation sites is 1. The van der Waals surface area contributed by atoms with Crippen molar-refractivity contribution in [2.24, 2.45) is 0 Å². The van der Waals surface area contributed by atoms with Gasteiger partial charge in [-0.2, -0.15) is 0 Å². The maximum Gasteiger partial charge on any atom is 0.257 e. The third-order valence-electron chi connectivity index (χ3n) is 5.67. The van der Waals surface area contributed by atoms with Crippen molar-refractivity contribution in [3.63, 3.8) is 0 Å². The van der Waals surface area contributed by atoms with E-state index >= 15 is 0 Å². The van der Waals surface area contributed by atoms with E-state index in [4.69, 9.17) is 25.8 Å². The molecular weight excluding hydrogens is 458 g/mol. The normalized spacial score (nSPS) is 14.1. The van der Waals surface area contributed by atoms with Gasteiger partial charge in [-0.1, -0.05) is 17.7 Å². The molecule has 1 aliphatic rings. The fourth-order valence-electron chi connectivity index (χ4n) is 3.87. The molecular formula is C24H28ClN5O4. The van der Waals surface area contributed by atoms with Crippen LogP contribution in [-0.4, -0.2) is 74.4 Å². The molecule has 1 aliphatic heterocycles. The van der Waals surface area contributed by atoms with Crippen LogP contribution in [0.25, 0.3) is 10.9 Å². The lowest BCUT2D eigenvalue weighted by Gasteiger charge is -2.26. The molecule has 1 amide bonds. The molecule has 1 saturated heterocycles. The van der Waals surface area contributed by atoms with E-state index in [-0.39, 0.29) is 10.9 Å². The Bertz CT molecular complexity index is 1150. The average molecular weight is 486 g/mol. The van der Waals surface area contributed by atoms with E-state index in [1.807, 2.05) is 12.1 Å². The van der Waals surface area contributed by atoms with Crippen molar-refractivity contribution in [3.05, 3.63) is 47.2 Å². The van der Waals surface area contributed by atoms with E-state index in [1.54, 1.807) is 18.2 Å². The van der Waals surface area contributed by atoms with Crippen LogP contribution in [0.5, 0.6) is 11.5 Å². The number of carbonyl (C=O) groups excluding carboxylic acids is 1. The van der Waals surface area contributed by atoms with Gasteiger partial charge in [0.2, 0.25) is 0 Å². The largest absolute Gasteiger partial charge is 0.497 e. The van der Waals surface area contributed by atoms with Crippen LogP contribution in [0.3, 0.4) is 0 Å². The maximum absolute atomic E-state index is 13.2. The van der Waals surface area contributed by atoms with Gasteiger partial charge in [0.15, 0.2) is 0 Å². The lowest BCUT2D eigenvalue weighted by atomic mass is 10.1. The molecule has 2 aromatic carbocycles. The van der Waals surface area contributed by atoms with Crippen LogP contribution >= 0.6 is 11.6 Å². The molecule has 0 aliphatic carbocycles. The second kappa shape index (κ2) is 11.3. The number of halogens is 1. The van der Waals surface area contributed by atoms with Crippen LogP contribution in [0, 0.1) is 0 Å². The highest BCUT2D eigenvalue weighted by Gasteiger charge is 2.18. The van der Waals surface area contributed by atoms with Crippen LogP contribution < -0.4 is 20.1 Å². The van der Waals surface area contributed by atoms with Crippen molar-refractivity contribution < 1.29 is 19.0 Å². The Labute approximate surface area is 203 Å². The predicted octanol–water partition coefficient (Wildman–Crippen LogP) is 3.69. The van der Waals surface area contributed by atoms with Crippen molar-refractivity contribution in [3.8, 4) is 11.5 Å². The van der Waals surface area contributed by atoms with Gasteiger partial charge < -0.3 is 24.8 Å². The number of ether oxygens (including phenoxy) is 3. The summed E-state index contributed by atoms with van der Waals surface area (Å²) in [5.74, 6) is 1.27. The molecule has 1 aromatic heterocycles. The number of aromatic nitrogens is 2. The standard InChI is InChI=1S/C24H28ClN5O4/c1-32-16-13-19(21(25)20(14-16)33-2)29-24(31)18-6-3-5-17-22(18)27-15-28-23(17)26-7-4-8-30-9-11-34-12-10-30/h3,5-6,13-15H,4,7-12H2,1-2H3,(H,29,31)(H,26,27,28). The molecule has 34 heavy (non-hydrogen) atoms. The lowest BCUT2D eigenvalue weighted by Crippen LogP contribution is -2.37. The van der Waals surface area contributed by atoms with E-state index in [1.165, 1.54) is 20.5 Å². The lowest BCUT2D eigenvalue weighted by molar-refractivity contribution is 0.0378. The first-order chi connectivity index (χ1) is 16.6. The van der Waals surface area contributed by atoms with Crippen LogP contribution in [0.2, 0.25) is 5.02 Å². The third-order valence-corrected chi connectivity index (χ3v) is 6.06. The summed E-state index contributed by atoms with van der Waals surface area (Å²) >= 11 is 6.40. The summed E-state index contributed by atoms with van der Waals surface area (Å²) < 4.78 is 16.0. The number of anilines is 2. The summed E-state index contributed by atoms with van der Waals surface area (Å²) in [6.07, 6.45) is 2.44. The van der Waals surface area contributed by atoms with Crippen molar-refractivity contribution in [1.29, 1.82) is 0 Å². The Morgan fingerprint density at radius 2 is 2.00 bits per heavy atom. The monoisotopic (exact) mass is 485 g/mol. The fraction of sp³-hybridized carbons (Fsp3) is 0.375. The van der Waals surface area contributed by atoms with Crippen LogP contribution in [0.4, 0.5) is 11.5 Å². The molecule has 0 spiro atoms. The molecule has 180 valence electrons. The number of nitrogens with zero attached hydrogens (tertiary/aromatic N) is 3. The molecule has 3 aromatic rings. The number of carbonyl (C=O) groups is 1. The molecule has 0 unspecified atom stereocenters. The van der Waals surface area contributed by atoms with Crippen molar-refractivity contribution in [2.75, 3.05) is 64.2 Å². The smallest absolute Gasteiger partial charge is 0.257 e. The second-order valence-corrected chi connectivity index (χ2v) is 8.18. The number of rotatable bonds is 9. The van der Waals surface area contributed by atoms with Crippen LogP contribution in [0.15, 0.2) is 36.7 Å². The fourth-order valence-corrected chi connectivity index (χ4v) is 4.10. The minimum Gasteiger partial charge on any atom is -0.497 e. The van der Waals surface area contributed by atoms with E-state index in [2.05, 4.69) is 25.5 Å². The third kappa shape index (κ3) is 5.49. The van der Waals surface area contributed by atoms with E-state index < -0.39 is 0 Å². The van der Waals surface area contributed by atoms with Gasteiger partial charge in [-0.05, 0) is 25.1 Å². The summed E-state index contributed by atoms with van der Waals surface area (Å²) in [5, 5.41) is 7.30. The first-order valence-corrected chi connectivity index (χ1v) is 11.5. The minimum atomic E-state index is -0.347. The number of fused-ring (bicyclic) bond motifs is 1. The zero-order valence-corrected chi connectivity index (χ0v) is 20.0. The summed E-state index contributed by atoms with van der Waals surface area (Å²) in [7, 11) is 3.04. The molecule has 2 heterocycles. The van der Waals surface area contributed by atoms with Crippen molar-refractivity contribution in [2.45, 2.75) is 6.42 Å². The Morgan fingerprint density at radius 3 is 2.76 bits per heavy atom. The van der Waals surface area contributed by atoms with Gasteiger partial charge in [-0.3, -0.25) is 9.69 Å². The van der Waals surface area contributed by atoms with Gasteiger partial charge in [0.05, 0.1) is 44.2 Å². The zero-order chi connectivity index (χ0) is 23.9. The Hall–Kier alpha value is -3.14. The molecule has 2 N–H and O–H groups in total. The Kier molecular flexibility index (Phi) is 7.99. The topological polar surface area (TPSA) is 97.8 Å². The zero-order valence-electron chi connectivity index (χ0n) is 19.3. The van der Waals surface area contributed by atoms with E-state index in [0.717, 1.165) is 51.2 Å². The molecule has 0 saturated carbocycles. The summed E-state index contributed by atoms with van der Waals surface area (Å²) in [6.45, 7) is 5.29. The Morgan fingerprint density at radius 1 is 1.18 bits per heavy atom. The first-order valence-electron chi connectivity index (χ1n) is 11.1. The number of nitrogens with one attached hydrogen (secondary N) is 2. The summed E-state index contributed by atoms with van der Waals surface area (Å²) in [4.78, 5) is 24.3. The summed E-state index contributed by atoms with van der Waals surface area (Å²) in [5.41, 5.74) is 1.35. The quantitative estimate of drug-likeness (QED) is 0.443. The van der Waals surface area contributed by atoms with Gasteiger partial charge in [0, 0.05) is 37.2 Å². The second-order valence-electron chi connectivity index (χ2n) is 7.80. The van der Waals surface area contributed by atoms with Gasteiger partial charge in [0.25, 0.3) is 5.91 Å². The number of amides is 1. The van der Waals surface area contributed by atoms with E-state index in [0.29, 0.717) is 34.1 Å². The van der Waals surface area contributed by atoms with Crippen LogP contribution in [0.1, 0.15) is 16.8 Å². The van der Waals surface area contributed by atoms with Gasteiger partial charge >= 0.3 is 0 Å². The number of methoxy groups -OCH3 is 2. The number of hydrogen-bond acceptors (Lipinski definition) is 8. The predicted molar refractivity (Wildman–Crippen MR) is 132 cm³/mol. The molecule has 0 atom stereocenters. The molecule has 10 heteroatoms. The van der Waals surface area contributed by atoms with Gasteiger partial charge in [-0.25, -0.2) is 9.97 Å². The van der Waals surface area contributed by atoms with Crippen molar-refractivity contribution >= 4 is 39.9 Å². The highest BCUT2D eigenvalue weighted by molar-refractivity contribution is 6.35. The SMILES string of the molecule is COc1cc(NC(=O)c2cccc3c(NCCCN4CCOCC4)ncnc23)c(Cl)c(OC)c1. The molecule has 4 rings (SSSR count). The molecule has 1 fully saturated rings. The first kappa shape index (κ1) is 24.0. The van der Waals surface area contributed by atoms with Crippen LogP contribution in [-0.2, 0) is 4.74 Å². The van der Waals surface area contributed by atoms with Gasteiger partial charge in [-0.15, -0.1) is 0 Å². The minimum absolute atomic E-state index is 0.286. The molecule has 0 bridgehead atoms. The maximum atomic E-state index is 13.2. The summed E-state index contributed by atoms with van der Waals surface area (Å²) in [6, 6.07) is 8.73. The highest BCUT2D eigenvalue weighted by atomic mass is 35.5. The number of benzene rings is 2. The highest BCUT2D eigenvalue weighted by Crippen LogP contribution is 2.37. The Balaban J connectivity index is 1.50. The number of hydrogen-bond donors (Lipinski definition) is 2.